The molecular formula is C9H9BrFN. The van der Waals surface area contributed by atoms with E-state index in [2.05, 4.69) is 15.9 Å². The lowest BCUT2D eigenvalue weighted by atomic mass is 10.2. The molecule has 0 unspecified atom stereocenters. The van der Waals surface area contributed by atoms with E-state index in [1.807, 2.05) is 6.07 Å². The van der Waals surface area contributed by atoms with Crippen LogP contribution in [0.3, 0.4) is 0 Å². The molecule has 0 aromatic heterocycles. The Hall–Kier alpha value is -0.670. The molecule has 0 radical (unpaired) electrons. The standard InChI is InChI=1S/C9H9BrFN/c10-9-7(4-2-6-12)3-1-5-8(9)11/h1-5H,6,12H2. The number of nitrogens with two attached hydrogens (primary N) is 1. The van der Waals surface area contributed by atoms with Crippen LogP contribution in [0.1, 0.15) is 5.56 Å². The first-order valence-corrected chi connectivity index (χ1v) is 4.35. The van der Waals surface area contributed by atoms with E-state index >= 15 is 0 Å². The zero-order valence-corrected chi connectivity index (χ0v) is 8.01. The molecule has 0 amide bonds. The van der Waals surface area contributed by atoms with Crippen LogP contribution in [0, 0.1) is 5.82 Å². The maximum Gasteiger partial charge on any atom is 0.137 e. The molecule has 0 spiro atoms. The van der Waals surface area contributed by atoms with Gasteiger partial charge in [0.1, 0.15) is 5.82 Å². The fourth-order valence-corrected chi connectivity index (χ4v) is 1.24. The van der Waals surface area contributed by atoms with Crippen molar-refractivity contribution >= 4 is 22.0 Å². The number of hydrogen-bond acceptors (Lipinski definition) is 1. The third-order valence-electron chi connectivity index (χ3n) is 1.41. The summed E-state index contributed by atoms with van der Waals surface area (Å²) >= 11 is 3.14. The highest BCUT2D eigenvalue weighted by Gasteiger charge is 2.00. The van der Waals surface area contributed by atoms with Gasteiger partial charge < -0.3 is 5.73 Å². The van der Waals surface area contributed by atoms with Gasteiger partial charge in [0.15, 0.2) is 0 Å². The third kappa shape index (κ3) is 2.16. The minimum Gasteiger partial charge on any atom is -0.327 e. The third-order valence-corrected chi connectivity index (χ3v) is 2.25. The first-order valence-electron chi connectivity index (χ1n) is 3.56. The van der Waals surface area contributed by atoms with Crippen molar-refractivity contribution < 1.29 is 4.39 Å². The van der Waals surface area contributed by atoms with Gasteiger partial charge in [0.25, 0.3) is 0 Å². The second-order valence-corrected chi connectivity index (χ2v) is 3.07. The lowest BCUT2D eigenvalue weighted by Gasteiger charge is -1.98. The summed E-state index contributed by atoms with van der Waals surface area (Å²) in [4.78, 5) is 0. The Morgan fingerprint density at radius 2 is 2.25 bits per heavy atom. The average molecular weight is 230 g/mol. The van der Waals surface area contributed by atoms with Gasteiger partial charge in [-0.2, -0.15) is 0 Å². The molecule has 0 aliphatic heterocycles. The predicted octanol–water partition coefficient (Wildman–Crippen LogP) is 2.56. The highest BCUT2D eigenvalue weighted by Crippen LogP contribution is 2.21. The van der Waals surface area contributed by atoms with E-state index < -0.39 is 0 Å². The average Bonchev–Trinajstić information content (AvgIpc) is 2.08. The monoisotopic (exact) mass is 229 g/mol. The summed E-state index contributed by atoms with van der Waals surface area (Å²) in [5.41, 5.74) is 6.07. The molecule has 2 N–H and O–H groups in total. The Balaban J connectivity index is 3.00. The first kappa shape index (κ1) is 9.42. The molecule has 12 heavy (non-hydrogen) atoms. The smallest absolute Gasteiger partial charge is 0.137 e. The van der Waals surface area contributed by atoms with Crippen LogP contribution in [-0.2, 0) is 0 Å². The maximum absolute atomic E-state index is 12.9. The van der Waals surface area contributed by atoms with Crippen LogP contribution in [0.15, 0.2) is 28.7 Å². The summed E-state index contributed by atoms with van der Waals surface area (Å²) in [6, 6.07) is 4.89. The normalized spacial score (nSPS) is 10.9. The lowest BCUT2D eigenvalue weighted by Crippen LogP contribution is -1.92. The topological polar surface area (TPSA) is 26.0 Å². The Kier molecular flexibility index (Phi) is 3.44. The summed E-state index contributed by atoms with van der Waals surface area (Å²) in [5.74, 6) is -0.255. The summed E-state index contributed by atoms with van der Waals surface area (Å²) < 4.78 is 13.4. The minimum atomic E-state index is -0.255. The van der Waals surface area contributed by atoms with Gasteiger partial charge in [0.2, 0.25) is 0 Å². The van der Waals surface area contributed by atoms with Crippen molar-refractivity contribution in [3.63, 3.8) is 0 Å². The van der Waals surface area contributed by atoms with Crippen molar-refractivity contribution in [1.29, 1.82) is 0 Å². The molecule has 0 saturated heterocycles. The number of halogens is 2. The zero-order valence-electron chi connectivity index (χ0n) is 6.43. The van der Waals surface area contributed by atoms with E-state index in [1.165, 1.54) is 6.07 Å². The highest BCUT2D eigenvalue weighted by atomic mass is 79.9. The fourth-order valence-electron chi connectivity index (χ4n) is 0.844. The van der Waals surface area contributed by atoms with Gasteiger partial charge in [-0.25, -0.2) is 4.39 Å². The number of benzene rings is 1. The predicted molar refractivity (Wildman–Crippen MR) is 52.2 cm³/mol. The summed E-state index contributed by atoms with van der Waals surface area (Å²) in [6.45, 7) is 0.461. The van der Waals surface area contributed by atoms with E-state index in [4.69, 9.17) is 5.73 Å². The Bertz CT molecular complexity index is 297. The first-order chi connectivity index (χ1) is 5.75. The highest BCUT2D eigenvalue weighted by molar-refractivity contribution is 9.10. The van der Waals surface area contributed by atoms with Crippen LogP contribution >= 0.6 is 15.9 Å². The number of hydrogen-bond donors (Lipinski definition) is 1. The molecule has 0 saturated carbocycles. The van der Waals surface area contributed by atoms with Crippen LogP contribution in [0.25, 0.3) is 6.08 Å². The molecule has 0 heterocycles. The van der Waals surface area contributed by atoms with Crippen LogP contribution in [-0.4, -0.2) is 6.54 Å². The van der Waals surface area contributed by atoms with Crippen molar-refractivity contribution in [2.45, 2.75) is 0 Å². The molecular weight excluding hydrogens is 221 g/mol. The zero-order chi connectivity index (χ0) is 8.97. The van der Waals surface area contributed by atoms with Crippen molar-refractivity contribution in [3.8, 4) is 0 Å². The Labute approximate surface area is 79.2 Å². The summed E-state index contributed by atoms with van der Waals surface area (Å²) in [5, 5.41) is 0. The molecule has 0 bridgehead atoms. The van der Waals surface area contributed by atoms with Gasteiger partial charge in [-0.1, -0.05) is 24.3 Å². The van der Waals surface area contributed by atoms with Crippen LogP contribution < -0.4 is 5.73 Å². The van der Waals surface area contributed by atoms with Crippen molar-refractivity contribution in [3.05, 3.63) is 40.1 Å². The maximum atomic E-state index is 12.9. The number of rotatable bonds is 2. The van der Waals surface area contributed by atoms with Crippen molar-refractivity contribution in [2.24, 2.45) is 5.73 Å². The van der Waals surface area contributed by atoms with Crippen LogP contribution in [0.5, 0.6) is 0 Å². The molecule has 0 aliphatic carbocycles. The molecule has 1 aromatic carbocycles. The SMILES string of the molecule is NCC=Cc1cccc(F)c1Br. The van der Waals surface area contributed by atoms with E-state index in [-0.39, 0.29) is 5.82 Å². The van der Waals surface area contributed by atoms with Crippen LogP contribution in [0.4, 0.5) is 4.39 Å². The summed E-state index contributed by atoms with van der Waals surface area (Å²) in [7, 11) is 0. The molecule has 1 rings (SSSR count). The lowest BCUT2D eigenvalue weighted by molar-refractivity contribution is 0.621. The molecule has 64 valence electrons. The van der Waals surface area contributed by atoms with Crippen molar-refractivity contribution in [1.82, 2.24) is 0 Å². The van der Waals surface area contributed by atoms with E-state index in [9.17, 15) is 4.39 Å². The molecule has 3 heteroatoms. The second kappa shape index (κ2) is 4.38. The van der Waals surface area contributed by atoms with E-state index in [1.54, 1.807) is 18.2 Å². The fraction of sp³-hybridized carbons (Fsp3) is 0.111. The van der Waals surface area contributed by atoms with Crippen LogP contribution in [0.2, 0.25) is 0 Å². The van der Waals surface area contributed by atoms with E-state index in [0.29, 0.717) is 11.0 Å². The van der Waals surface area contributed by atoms with E-state index in [0.717, 1.165) is 5.56 Å². The molecule has 0 aliphatic rings. The van der Waals surface area contributed by atoms with Crippen molar-refractivity contribution in [2.75, 3.05) is 6.54 Å². The molecule has 0 atom stereocenters. The minimum absolute atomic E-state index is 0.255. The Morgan fingerprint density at radius 3 is 2.92 bits per heavy atom. The van der Waals surface area contributed by atoms with Gasteiger partial charge in [-0.05, 0) is 27.6 Å². The van der Waals surface area contributed by atoms with Gasteiger partial charge >= 0.3 is 0 Å². The summed E-state index contributed by atoms with van der Waals surface area (Å²) in [6.07, 6.45) is 3.56. The molecule has 0 fully saturated rings. The molecule has 1 nitrogen and oxygen atoms in total. The van der Waals surface area contributed by atoms with Gasteiger partial charge in [0, 0.05) is 6.54 Å². The van der Waals surface area contributed by atoms with Gasteiger partial charge in [-0.15, -0.1) is 0 Å². The largest absolute Gasteiger partial charge is 0.327 e. The van der Waals surface area contributed by atoms with Gasteiger partial charge in [0.05, 0.1) is 4.47 Å². The second-order valence-electron chi connectivity index (χ2n) is 2.28. The molecule has 1 aromatic rings. The van der Waals surface area contributed by atoms with Gasteiger partial charge in [-0.3, -0.25) is 0 Å². The Morgan fingerprint density at radius 1 is 1.50 bits per heavy atom. The quantitative estimate of drug-likeness (QED) is 0.830.